The van der Waals surface area contributed by atoms with Gasteiger partial charge in [-0.15, -0.1) is 11.6 Å². The van der Waals surface area contributed by atoms with Crippen molar-refractivity contribution < 1.29 is 10.2 Å². The molecule has 10 heavy (non-hydrogen) atoms. The summed E-state index contributed by atoms with van der Waals surface area (Å²) in [6.07, 6.45) is -0.0935. The van der Waals surface area contributed by atoms with E-state index < -0.39 is 12.2 Å². The third-order valence-corrected chi connectivity index (χ3v) is 1.80. The average Bonchev–Trinajstić information content (AvgIpc) is 1.88. The second-order valence-electron chi connectivity index (χ2n) is 2.21. The quantitative estimate of drug-likeness (QED) is 0.434. The number of aliphatic hydroxyl groups excluding tert-OH is 2. The summed E-state index contributed by atoms with van der Waals surface area (Å²) < 4.78 is 0. The van der Waals surface area contributed by atoms with E-state index in [2.05, 4.69) is 12.6 Å². The fourth-order valence-electron chi connectivity index (χ4n) is 0.644. The van der Waals surface area contributed by atoms with E-state index >= 15 is 0 Å². The van der Waals surface area contributed by atoms with Crippen LogP contribution in [0.4, 0.5) is 0 Å². The van der Waals surface area contributed by atoms with Crippen molar-refractivity contribution in [3.63, 3.8) is 0 Å². The van der Waals surface area contributed by atoms with Crippen molar-refractivity contribution in [3.05, 3.63) is 0 Å². The summed E-state index contributed by atoms with van der Waals surface area (Å²) in [6, 6.07) is 0. The van der Waals surface area contributed by atoms with Gasteiger partial charge in [-0.25, -0.2) is 0 Å². The van der Waals surface area contributed by atoms with E-state index in [1.807, 2.05) is 0 Å². The molecule has 0 bridgehead atoms. The lowest BCUT2D eigenvalue weighted by molar-refractivity contribution is 0.0907. The first-order valence-electron chi connectivity index (χ1n) is 3.23. The van der Waals surface area contributed by atoms with Gasteiger partial charge in [0.15, 0.2) is 0 Å². The summed E-state index contributed by atoms with van der Waals surface area (Å²) in [6.45, 7) is 0. The normalized spacial score (nSPS) is 16.8. The highest BCUT2D eigenvalue weighted by Gasteiger charge is 2.09. The second kappa shape index (κ2) is 6.28. The molecule has 2 N–H and O–H groups in total. The standard InChI is InChI=1S/C6H13ClO2S/c7-4-6(9)3-5(8)1-2-10/h5-6,8-10H,1-4H2. The van der Waals surface area contributed by atoms with Gasteiger partial charge in [0.2, 0.25) is 0 Å². The molecular formula is C6H13ClO2S. The highest BCUT2D eigenvalue weighted by atomic mass is 35.5. The van der Waals surface area contributed by atoms with Gasteiger partial charge in [0.05, 0.1) is 12.2 Å². The smallest absolute Gasteiger partial charge is 0.0700 e. The molecule has 0 aliphatic heterocycles. The first kappa shape index (κ1) is 10.6. The number of rotatable bonds is 5. The van der Waals surface area contributed by atoms with Crippen LogP contribution in [0.15, 0.2) is 0 Å². The summed E-state index contributed by atoms with van der Waals surface area (Å²) in [7, 11) is 0. The lowest BCUT2D eigenvalue weighted by Crippen LogP contribution is -2.19. The fraction of sp³-hybridized carbons (Fsp3) is 1.00. The van der Waals surface area contributed by atoms with Gasteiger partial charge in [0.1, 0.15) is 0 Å². The summed E-state index contributed by atoms with van der Waals surface area (Å²) in [5, 5.41) is 18.0. The molecule has 0 amide bonds. The summed E-state index contributed by atoms with van der Waals surface area (Å²) in [5.41, 5.74) is 0. The van der Waals surface area contributed by atoms with Crippen LogP contribution in [0.3, 0.4) is 0 Å². The van der Waals surface area contributed by atoms with E-state index in [0.29, 0.717) is 18.6 Å². The first-order chi connectivity index (χ1) is 4.70. The molecule has 0 saturated heterocycles. The minimum absolute atomic E-state index is 0.184. The Morgan fingerprint density at radius 3 is 2.30 bits per heavy atom. The van der Waals surface area contributed by atoms with Crippen molar-refractivity contribution in [1.82, 2.24) is 0 Å². The van der Waals surface area contributed by atoms with Gasteiger partial charge in [-0.1, -0.05) is 0 Å². The predicted molar refractivity (Wildman–Crippen MR) is 45.8 cm³/mol. The van der Waals surface area contributed by atoms with Gasteiger partial charge < -0.3 is 10.2 Å². The van der Waals surface area contributed by atoms with Gasteiger partial charge >= 0.3 is 0 Å². The van der Waals surface area contributed by atoms with Gasteiger partial charge in [0, 0.05) is 12.3 Å². The number of alkyl halides is 1. The molecule has 0 fully saturated rings. The SMILES string of the molecule is OC(CCl)CC(O)CCS. The first-order valence-corrected chi connectivity index (χ1v) is 4.40. The van der Waals surface area contributed by atoms with E-state index in [4.69, 9.17) is 21.8 Å². The fourth-order valence-corrected chi connectivity index (χ4v) is 1.07. The van der Waals surface area contributed by atoms with Gasteiger partial charge in [-0.3, -0.25) is 0 Å². The minimum atomic E-state index is -0.587. The third kappa shape index (κ3) is 5.35. The zero-order valence-corrected chi connectivity index (χ0v) is 7.35. The Bertz CT molecular complexity index is 82.1. The van der Waals surface area contributed by atoms with Crippen molar-refractivity contribution in [2.24, 2.45) is 0 Å². The highest BCUT2D eigenvalue weighted by Crippen LogP contribution is 2.04. The van der Waals surface area contributed by atoms with Crippen LogP contribution in [-0.2, 0) is 0 Å². The van der Waals surface area contributed by atoms with Crippen molar-refractivity contribution in [3.8, 4) is 0 Å². The average molecular weight is 185 g/mol. The molecule has 2 unspecified atom stereocenters. The Balaban J connectivity index is 3.27. The molecule has 4 heteroatoms. The molecule has 62 valence electrons. The predicted octanol–water partition coefficient (Wildman–Crippen LogP) is 0.657. The van der Waals surface area contributed by atoms with E-state index in [0.717, 1.165) is 0 Å². The Morgan fingerprint density at radius 2 is 1.90 bits per heavy atom. The Morgan fingerprint density at radius 1 is 1.30 bits per heavy atom. The van der Waals surface area contributed by atoms with Crippen LogP contribution >= 0.6 is 24.2 Å². The van der Waals surface area contributed by atoms with Gasteiger partial charge in [-0.2, -0.15) is 12.6 Å². The van der Waals surface area contributed by atoms with E-state index in [1.165, 1.54) is 0 Å². The highest BCUT2D eigenvalue weighted by molar-refractivity contribution is 7.80. The largest absolute Gasteiger partial charge is 0.393 e. The molecule has 0 radical (unpaired) electrons. The van der Waals surface area contributed by atoms with Crippen molar-refractivity contribution >= 4 is 24.2 Å². The van der Waals surface area contributed by atoms with Crippen molar-refractivity contribution in [1.29, 1.82) is 0 Å². The maximum atomic E-state index is 9.08. The zero-order chi connectivity index (χ0) is 7.98. The third-order valence-electron chi connectivity index (χ3n) is 1.18. The summed E-state index contributed by atoms with van der Waals surface area (Å²) in [4.78, 5) is 0. The maximum absolute atomic E-state index is 9.08. The zero-order valence-electron chi connectivity index (χ0n) is 5.70. The van der Waals surface area contributed by atoms with E-state index in [1.54, 1.807) is 0 Å². The molecule has 0 heterocycles. The number of hydrogen-bond acceptors (Lipinski definition) is 3. The van der Waals surface area contributed by atoms with Crippen LogP contribution in [0, 0.1) is 0 Å². The monoisotopic (exact) mass is 184 g/mol. The Labute approximate surface area is 71.6 Å². The van der Waals surface area contributed by atoms with E-state index in [9.17, 15) is 0 Å². The summed E-state index contributed by atoms with van der Waals surface area (Å²) >= 11 is 9.25. The molecule has 0 spiro atoms. The molecule has 0 aromatic rings. The molecule has 0 aliphatic carbocycles. The number of halogens is 1. The van der Waals surface area contributed by atoms with Crippen LogP contribution in [-0.4, -0.2) is 34.1 Å². The van der Waals surface area contributed by atoms with Crippen molar-refractivity contribution in [2.45, 2.75) is 25.0 Å². The van der Waals surface area contributed by atoms with Gasteiger partial charge in [-0.05, 0) is 12.2 Å². The molecular weight excluding hydrogens is 172 g/mol. The number of hydrogen-bond donors (Lipinski definition) is 3. The van der Waals surface area contributed by atoms with Crippen molar-refractivity contribution in [2.75, 3.05) is 11.6 Å². The summed E-state index contributed by atoms with van der Waals surface area (Å²) in [5.74, 6) is 0.819. The van der Waals surface area contributed by atoms with Crippen LogP contribution < -0.4 is 0 Å². The molecule has 0 aliphatic rings. The van der Waals surface area contributed by atoms with Crippen LogP contribution in [0.25, 0.3) is 0 Å². The molecule has 0 aromatic heterocycles. The maximum Gasteiger partial charge on any atom is 0.0700 e. The van der Waals surface area contributed by atoms with Crippen LogP contribution in [0.5, 0.6) is 0 Å². The second-order valence-corrected chi connectivity index (χ2v) is 2.97. The van der Waals surface area contributed by atoms with Crippen LogP contribution in [0.2, 0.25) is 0 Å². The molecule has 2 nitrogen and oxygen atoms in total. The minimum Gasteiger partial charge on any atom is -0.393 e. The van der Waals surface area contributed by atoms with Crippen LogP contribution in [0.1, 0.15) is 12.8 Å². The topological polar surface area (TPSA) is 40.5 Å². The molecule has 0 aromatic carbocycles. The lowest BCUT2D eigenvalue weighted by atomic mass is 10.1. The number of aliphatic hydroxyl groups is 2. The Hall–Kier alpha value is 0.560. The van der Waals surface area contributed by atoms with E-state index in [-0.39, 0.29) is 5.88 Å². The van der Waals surface area contributed by atoms with Gasteiger partial charge in [0.25, 0.3) is 0 Å². The molecule has 0 rings (SSSR count). The molecule has 2 atom stereocenters. The molecule has 0 saturated carbocycles. The Kier molecular flexibility index (Phi) is 6.63. The lowest BCUT2D eigenvalue weighted by Gasteiger charge is -2.11. The number of thiol groups is 1.